The summed E-state index contributed by atoms with van der Waals surface area (Å²) in [6, 6.07) is 31.4. The Labute approximate surface area is 232 Å². The molecule has 1 N–H and O–H groups in total. The summed E-state index contributed by atoms with van der Waals surface area (Å²) in [5, 5.41) is 5.42. The van der Waals surface area contributed by atoms with Crippen LogP contribution in [0.3, 0.4) is 0 Å². The van der Waals surface area contributed by atoms with E-state index in [0.717, 1.165) is 39.1 Å². The molecule has 4 aromatic carbocycles. The van der Waals surface area contributed by atoms with Gasteiger partial charge in [0.25, 0.3) is 0 Å². The lowest BCUT2D eigenvalue weighted by Crippen LogP contribution is -2.27. The van der Waals surface area contributed by atoms with Crippen LogP contribution in [-0.4, -0.2) is 17.0 Å². The summed E-state index contributed by atoms with van der Waals surface area (Å²) >= 11 is 12.3. The molecule has 5 aromatic rings. The molecule has 0 saturated carbocycles. The molecule has 0 radical (unpaired) electrons. The molecule has 6 heteroatoms. The summed E-state index contributed by atoms with van der Waals surface area (Å²) in [7, 11) is 2.04. The summed E-state index contributed by atoms with van der Waals surface area (Å²) < 4.78 is 8.22. The van der Waals surface area contributed by atoms with Gasteiger partial charge >= 0.3 is 0 Å². The van der Waals surface area contributed by atoms with Crippen LogP contribution in [-0.2, 0) is 18.3 Å². The number of benzene rings is 4. The maximum Gasteiger partial charge on any atom is 0.220 e. The van der Waals surface area contributed by atoms with Crippen LogP contribution in [0.4, 0.5) is 0 Å². The van der Waals surface area contributed by atoms with E-state index >= 15 is 0 Å². The van der Waals surface area contributed by atoms with Crippen LogP contribution in [0.15, 0.2) is 103 Å². The highest BCUT2D eigenvalue weighted by atomic mass is 35.5. The second-order valence-corrected chi connectivity index (χ2v) is 10.1. The van der Waals surface area contributed by atoms with Crippen LogP contribution < -0.4 is 10.1 Å². The minimum Gasteiger partial charge on any atom is -0.457 e. The van der Waals surface area contributed by atoms with Crippen LogP contribution in [0.1, 0.15) is 29.0 Å². The van der Waals surface area contributed by atoms with Crippen LogP contribution in [0.5, 0.6) is 11.5 Å². The van der Waals surface area contributed by atoms with Crippen LogP contribution >= 0.6 is 23.2 Å². The minimum absolute atomic E-state index is 0.0256. The highest BCUT2D eigenvalue weighted by molar-refractivity contribution is 6.35. The molecular formula is C32H28Cl2N2O2. The predicted octanol–water partition coefficient (Wildman–Crippen LogP) is 8.16. The number of nitrogens with zero attached hydrogens (tertiary/aromatic N) is 1. The fourth-order valence-corrected chi connectivity index (χ4v) is 5.30. The Morgan fingerprint density at radius 2 is 1.66 bits per heavy atom. The number of para-hydroxylation sites is 2. The largest absolute Gasteiger partial charge is 0.457 e. The van der Waals surface area contributed by atoms with Gasteiger partial charge in [-0.2, -0.15) is 0 Å². The predicted molar refractivity (Wildman–Crippen MR) is 156 cm³/mol. The molecule has 1 heterocycles. The molecule has 0 bridgehead atoms. The second kappa shape index (κ2) is 11.8. The molecule has 0 aliphatic heterocycles. The highest BCUT2D eigenvalue weighted by Gasteiger charge is 2.23. The first-order valence-electron chi connectivity index (χ1n) is 12.6. The van der Waals surface area contributed by atoms with E-state index in [-0.39, 0.29) is 11.8 Å². The van der Waals surface area contributed by atoms with E-state index in [1.807, 2.05) is 79.8 Å². The van der Waals surface area contributed by atoms with Gasteiger partial charge in [0.2, 0.25) is 5.91 Å². The van der Waals surface area contributed by atoms with E-state index in [1.165, 1.54) is 0 Å². The van der Waals surface area contributed by atoms with Crippen molar-refractivity contribution in [3.05, 3.63) is 130 Å². The fourth-order valence-electron chi connectivity index (χ4n) is 4.80. The number of nitrogens with one attached hydrogen (secondary N) is 1. The molecule has 0 aliphatic carbocycles. The van der Waals surface area contributed by atoms with Gasteiger partial charge in [-0.25, -0.2) is 0 Å². The first-order chi connectivity index (χ1) is 18.5. The lowest BCUT2D eigenvalue weighted by atomic mass is 9.88. The van der Waals surface area contributed by atoms with E-state index in [1.54, 1.807) is 6.07 Å². The number of rotatable bonds is 9. The second-order valence-electron chi connectivity index (χ2n) is 9.29. The number of halogens is 2. The van der Waals surface area contributed by atoms with Gasteiger partial charge in [0.1, 0.15) is 11.5 Å². The van der Waals surface area contributed by atoms with E-state index in [2.05, 4.69) is 34.3 Å². The first kappa shape index (κ1) is 25.9. The van der Waals surface area contributed by atoms with Crippen LogP contribution in [0.2, 0.25) is 10.0 Å². The Morgan fingerprint density at radius 1 is 0.895 bits per heavy atom. The van der Waals surface area contributed by atoms with Crippen molar-refractivity contribution in [2.24, 2.45) is 7.05 Å². The Morgan fingerprint density at radius 3 is 2.47 bits per heavy atom. The van der Waals surface area contributed by atoms with Gasteiger partial charge in [-0.15, -0.1) is 0 Å². The molecule has 0 saturated heterocycles. The lowest BCUT2D eigenvalue weighted by molar-refractivity contribution is -0.121. The SMILES string of the molecule is Cn1cc([C@H](CC(=O)NCCc2ccc(Cl)cc2Cl)c2cccc(Oc3ccccc3)c2)c2ccccc21. The standard InChI is InChI=1S/C32H28Cl2N2O2/c1-36-21-29(27-12-5-6-13-31(27)36)28(20-32(37)35-17-16-22-14-15-24(33)19-30(22)34)23-8-7-11-26(18-23)38-25-9-3-2-4-10-25/h2-15,18-19,21,28H,16-17,20H2,1H3,(H,35,37)/t28-/m1/s1. The zero-order valence-corrected chi connectivity index (χ0v) is 22.5. The fraction of sp³-hybridized carbons (Fsp3) is 0.156. The Hall–Kier alpha value is -3.73. The number of ether oxygens (including phenoxy) is 1. The van der Waals surface area contributed by atoms with Gasteiger partial charge in [-0.1, -0.05) is 77.8 Å². The number of amides is 1. The van der Waals surface area contributed by atoms with Gasteiger partial charge in [0, 0.05) is 53.1 Å². The summed E-state index contributed by atoms with van der Waals surface area (Å²) in [5.41, 5.74) is 4.20. The van der Waals surface area contributed by atoms with E-state index < -0.39 is 0 Å². The van der Waals surface area contributed by atoms with E-state index in [9.17, 15) is 4.79 Å². The lowest BCUT2D eigenvalue weighted by Gasteiger charge is -2.18. The molecule has 0 fully saturated rings. The monoisotopic (exact) mass is 542 g/mol. The van der Waals surface area contributed by atoms with Crippen molar-refractivity contribution in [3.8, 4) is 11.5 Å². The van der Waals surface area contributed by atoms with Crippen molar-refractivity contribution in [1.29, 1.82) is 0 Å². The molecule has 1 aromatic heterocycles. The maximum atomic E-state index is 13.2. The third kappa shape index (κ3) is 6.04. The number of carbonyl (C=O) groups is 1. The number of carbonyl (C=O) groups excluding carboxylic acids is 1. The smallest absolute Gasteiger partial charge is 0.220 e. The third-order valence-electron chi connectivity index (χ3n) is 6.66. The molecule has 38 heavy (non-hydrogen) atoms. The zero-order chi connectivity index (χ0) is 26.5. The van der Waals surface area contributed by atoms with Crippen molar-refractivity contribution in [2.75, 3.05) is 6.54 Å². The van der Waals surface area contributed by atoms with Crippen LogP contribution in [0.25, 0.3) is 10.9 Å². The quantitative estimate of drug-likeness (QED) is 0.204. The molecular weight excluding hydrogens is 515 g/mol. The minimum atomic E-state index is -0.153. The average Bonchev–Trinajstić information content (AvgIpc) is 3.25. The summed E-state index contributed by atoms with van der Waals surface area (Å²) in [5.74, 6) is 1.32. The summed E-state index contributed by atoms with van der Waals surface area (Å²) in [4.78, 5) is 13.2. The zero-order valence-electron chi connectivity index (χ0n) is 21.0. The molecule has 4 nitrogen and oxygen atoms in total. The molecule has 5 rings (SSSR count). The number of hydrogen-bond donors (Lipinski definition) is 1. The molecule has 192 valence electrons. The van der Waals surface area contributed by atoms with Gasteiger partial charge in [-0.05, 0) is 65.6 Å². The topological polar surface area (TPSA) is 43.3 Å². The van der Waals surface area contributed by atoms with Gasteiger partial charge in [0.05, 0.1) is 0 Å². The number of aromatic nitrogens is 1. The summed E-state index contributed by atoms with van der Waals surface area (Å²) in [6.07, 6.45) is 3.05. The molecule has 1 amide bonds. The molecule has 0 aliphatic rings. The normalized spacial score (nSPS) is 11.9. The highest BCUT2D eigenvalue weighted by Crippen LogP contribution is 2.36. The average molecular weight is 543 g/mol. The third-order valence-corrected chi connectivity index (χ3v) is 7.25. The number of hydrogen-bond acceptors (Lipinski definition) is 2. The van der Waals surface area contributed by atoms with Gasteiger partial charge < -0.3 is 14.6 Å². The van der Waals surface area contributed by atoms with Crippen molar-refractivity contribution in [2.45, 2.75) is 18.8 Å². The van der Waals surface area contributed by atoms with Crippen molar-refractivity contribution in [1.82, 2.24) is 9.88 Å². The molecule has 0 unspecified atom stereocenters. The first-order valence-corrected chi connectivity index (χ1v) is 13.3. The Balaban J connectivity index is 1.40. The van der Waals surface area contributed by atoms with Gasteiger partial charge in [-0.3, -0.25) is 4.79 Å². The van der Waals surface area contributed by atoms with Crippen molar-refractivity contribution in [3.63, 3.8) is 0 Å². The van der Waals surface area contributed by atoms with Crippen molar-refractivity contribution >= 4 is 40.0 Å². The Bertz CT molecular complexity index is 1560. The van der Waals surface area contributed by atoms with Gasteiger partial charge in [0.15, 0.2) is 0 Å². The summed E-state index contributed by atoms with van der Waals surface area (Å²) in [6.45, 7) is 0.486. The van der Waals surface area contributed by atoms with Crippen LogP contribution in [0, 0.1) is 0 Å². The Kier molecular flexibility index (Phi) is 8.02. The molecule has 0 spiro atoms. The van der Waals surface area contributed by atoms with E-state index in [0.29, 0.717) is 29.4 Å². The van der Waals surface area contributed by atoms with Crippen molar-refractivity contribution < 1.29 is 9.53 Å². The number of fused-ring (bicyclic) bond motifs is 1. The number of aryl methyl sites for hydroxylation is 1. The molecule has 1 atom stereocenters. The van der Waals surface area contributed by atoms with E-state index in [4.69, 9.17) is 27.9 Å². The maximum absolute atomic E-state index is 13.2.